The van der Waals surface area contributed by atoms with Gasteiger partial charge in [0.2, 0.25) is 0 Å². The zero-order valence-electron chi connectivity index (χ0n) is 15.0. The summed E-state index contributed by atoms with van der Waals surface area (Å²) in [6, 6.07) is 0.0884. The first-order chi connectivity index (χ1) is 13.2. The van der Waals surface area contributed by atoms with Gasteiger partial charge in [-0.25, -0.2) is 14.6 Å². The number of anilines is 1. The van der Waals surface area contributed by atoms with Crippen LogP contribution in [0, 0.1) is 17.4 Å². The Balaban J connectivity index is 1.58. The average Bonchev–Trinajstić information content (AvgIpc) is 3.23. The molecule has 138 valence electrons. The van der Waals surface area contributed by atoms with Gasteiger partial charge in [0.05, 0.1) is 24.2 Å². The van der Waals surface area contributed by atoms with E-state index < -0.39 is 0 Å². The molecule has 2 aliphatic rings. The van der Waals surface area contributed by atoms with Crippen molar-refractivity contribution >= 4 is 16.9 Å². The summed E-state index contributed by atoms with van der Waals surface area (Å²) in [6.45, 7) is 2.38. The lowest BCUT2D eigenvalue weighted by molar-refractivity contribution is 0.236. The molecule has 2 fully saturated rings. The van der Waals surface area contributed by atoms with Crippen LogP contribution in [-0.2, 0) is 6.54 Å². The average molecular weight is 363 g/mol. The molecular weight excluding hydrogens is 342 g/mol. The predicted octanol–water partition coefficient (Wildman–Crippen LogP) is 1.80. The van der Waals surface area contributed by atoms with Crippen LogP contribution in [0.15, 0.2) is 18.7 Å². The molecule has 1 aliphatic carbocycles. The molecule has 9 heteroatoms. The Bertz CT molecular complexity index is 1020. The fourth-order valence-corrected chi connectivity index (χ4v) is 3.85. The van der Waals surface area contributed by atoms with Crippen LogP contribution >= 0.6 is 0 Å². The zero-order chi connectivity index (χ0) is 18.4. The van der Waals surface area contributed by atoms with E-state index in [1.165, 1.54) is 19.2 Å². The third kappa shape index (κ3) is 2.87. The van der Waals surface area contributed by atoms with Crippen molar-refractivity contribution in [3.63, 3.8) is 0 Å². The molecule has 5 rings (SSSR count). The van der Waals surface area contributed by atoms with E-state index in [1.807, 2.05) is 21.8 Å². The topological polar surface area (TPSA) is 114 Å². The van der Waals surface area contributed by atoms with Gasteiger partial charge in [-0.15, -0.1) is 0 Å². The number of nitrogens with zero attached hydrogens (tertiary/aromatic N) is 8. The van der Waals surface area contributed by atoms with Gasteiger partial charge in [0.25, 0.3) is 0 Å². The second kappa shape index (κ2) is 6.23. The molecule has 1 aliphatic heterocycles. The van der Waals surface area contributed by atoms with E-state index in [2.05, 4.69) is 21.3 Å². The molecule has 1 atom stereocenters. The van der Waals surface area contributed by atoms with Crippen molar-refractivity contribution in [1.29, 1.82) is 5.26 Å². The maximum Gasteiger partial charge on any atom is 0.179 e. The molecule has 0 bridgehead atoms. The van der Waals surface area contributed by atoms with Crippen LogP contribution in [0.25, 0.3) is 22.3 Å². The molecule has 0 spiro atoms. The van der Waals surface area contributed by atoms with E-state index >= 15 is 0 Å². The zero-order valence-corrected chi connectivity index (χ0v) is 15.0. The van der Waals surface area contributed by atoms with Gasteiger partial charge in [0.15, 0.2) is 11.8 Å². The highest BCUT2D eigenvalue weighted by atomic mass is 15.4. The number of rotatable bonds is 4. The van der Waals surface area contributed by atoms with Gasteiger partial charge in [0.1, 0.15) is 17.8 Å². The molecule has 9 nitrogen and oxygen atoms in total. The van der Waals surface area contributed by atoms with Gasteiger partial charge in [-0.05, 0) is 31.6 Å². The summed E-state index contributed by atoms with van der Waals surface area (Å²) in [5.74, 6) is 1.17. The van der Waals surface area contributed by atoms with E-state index in [0.29, 0.717) is 12.4 Å². The largest absolute Gasteiger partial charge is 0.383 e. The van der Waals surface area contributed by atoms with Crippen LogP contribution in [0.2, 0.25) is 0 Å². The highest BCUT2D eigenvalue weighted by Gasteiger charge is 2.27. The molecule has 1 saturated heterocycles. The van der Waals surface area contributed by atoms with Crippen LogP contribution < -0.4 is 5.73 Å². The van der Waals surface area contributed by atoms with Crippen molar-refractivity contribution in [1.82, 2.24) is 34.4 Å². The molecule has 27 heavy (non-hydrogen) atoms. The van der Waals surface area contributed by atoms with Gasteiger partial charge in [-0.2, -0.15) is 15.5 Å². The summed E-state index contributed by atoms with van der Waals surface area (Å²) in [5.41, 5.74) is 8.60. The molecular formula is C18H21N9. The lowest BCUT2D eigenvalue weighted by atomic mass is 10.1. The Morgan fingerprint density at radius 3 is 2.96 bits per heavy atom. The Hall–Kier alpha value is -3.15. The van der Waals surface area contributed by atoms with Gasteiger partial charge >= 0.3 is 0 Å². The summed E-state index contributed by atoms with van der Waals surface area (Å²) in [5, 5.41) is 19.4. The third-order valence-electron chi connectivity index (χ3n) is 5.45. The second-order valence-corrected chi connectivity index (χ2v) is 7.49. The minimum absolute atomic E-state index is 0.0884. The van der Waals surface area contributed by atoms with E-state index in [0.717, 1.165) is 54.1 Å². The van der Waals surface area contributed by atoms with Gasteiger partial charge < -0.3 is 10.6 Å². The van der Waals surface area contributed by atoms with Crippen molar-refractivity contribution in [3.8, 4) is 17.5 Å². The molecule has 2 N–H and O–H groups in total. The van der Waals surface area contributed by atoms with Crippen LogP contribution in [0.1, 0.15) is 31.7 Å². The van der Waals surface area contributed by atoms with Crippen molar-refractivity contribution in [2.45, 2.75) is 38.3 Å². The first-order valence-electron chi connectivity index (χ1n) is 9.39. The number of nitriles is 1. The number of fused-ring (bicyclic) bond motifs is 1. The highest BCUT2D eigenvalue weighted by molar-refractivity contribution is 5.98. The molecule has 3 aromatic heterocycles. The van der Waals surface area contributed by atoms with E-state index in [1.54, 1.807) is 4.90 Å². The van der Waals surface area contributed by atoms with Crippen LogP contribution in [-0.4, -0.2) is 47.5 Å². The number of nitrogens with two attached hydrogens (primary N) is 1. The quantitative estimate of drug-likeness (QED) is 0.703. The molecule has 4 heterocycles. The predicted molar refractivity (Wildman–Crippen MR) is 99.1 cm³/mol. The lowest BCUT2D eigenvalue weighted by Crippen LogP contribution is -2.33. The van der Waals surface area contributed by atoms with Crippen molar-refractivity contribution < 1.29 is 0 Å². The SMILES string of the molecule is N#CN1CCC[C@@H](n2nc(-c3cnn(CC4CC4)c3)c3c(N)ncnc32)C1. The van der Waals surface area contributed by atoms with E-state index in [4.69, 9.17) is 10.8 Å². The highest BCUT2D eigenvalue weighted by Crippen LogP contribution is 2.34. The first kappa shape index (κ1) is 16.1. The fourth-order valence-electron chi connectivity index (χ4n) is 3.85. The van der Waals surface area contributed by atoms with Crippen LogP contribution in [0.4, 0.5) is 5.82 Å². The normalized spacial score (nSPS) is 20.1. The Morgan fingerprint density at radius 1 is 1.26 bits per heavy atom. The van der Waals surface area contributed by atoms with Crippen molar-refractivity contribution in [3.05, 3.63) is 18.7 Å². The smallest absolute Gasteiger partial charge is 0.179 e. The summed E-state index contributed by atoms with van der Waals surface area (Å²) < 4.78 is 3.90. The Kier molecular flexibility index (Phi) is 3.70. The fraction of sp³-hybridized carbons (Fsp3) is 0.500. The molecule has 0 radical (unpaired) electrons. The second-order valence-electron chi connectivity index (χ2n) is 7.49. The number of hydrogen-bond acceptors (Lipinski definition) is 7. The summed E-state index contributed by atoms with van der Waals surface area (Å²) in [4.78, 5) is 10.4. The minimum Gasteiger partial charge on any atom is -0.383 e. The van der Waals surface area contributed by atoms with Crippen molar-refractivity contribution in [2.75, 3.05) is 18.8 Å². The molecule has 0 aromatic carbocycles. The van der Waals surface area contributed by atoms with E-state index in [9.17, 15) is 5.26 Å². The maximum atomic E-state index is 9.27. The van der Waals surface area contributed by atoms with Gasteiger partial charge in [-0.3, -0.25) is 4.68 Å². The molecule has 0 amide bonds. The molecule has 3 aromatic rings. The van der Waals surface area contributed by atoms with Crippen molar-refractivity contribution in [2.24, 2.45) is 5.92 Å². The number of piperidine rings is 1. The van der Waals surface area contributed by atoms with Crippen LogP contribution in [0.3, 0.4) is 0 Å². The number of hydrogen-bond donors (Lipinski definition) is 1. The minimum atomic E-state index is 0.0884. The summed E-state index contributed by atoms with van der Waals surface area (Å²) in [6.07, 6.45) is 12.1. The third-order valence-corrected chi connectivity index (χ3v) is 5.45. The van der Waals surface area contributed by atoms with Crippen LogP contribution in [0.5, 0.6) is 0 Å². The van der Waals surface area contributed by atoms with E-state index in [-0.39, 0.29) is 6.04 Å². The number of aromatic nitrogens is 6. The molecule has 0 unspecified atom stereocenters. The Labute approximate surface area is 156 Å². The Morgan fingerprint density at radius 2 is 2.15 bits per heavy atom. The van der Waals surface area contributed by atoms with Gasteiger partial charge in [-0.1, -0.05) is 0 Å². The standard InChI is InChI=1S/C18H21N9/c19-10-25-5-1-2-14(9-25)27-18-15(17(20)21-11-22-18)16(24-27)13-6-23-26(8-13)7-12-3-4-12/h6,8,11-12,14H,1-5,7,9H2,(H2,20,21,22)/t14-/m1/s1. The number of nitrogen functional groups attached to an aromatic ring is 1. The number of likely N-dealkylation sites (tertiary alicyclic amines) is 1. The summed E-state index contributed by atoms with van der Waals surface area (Å²) in [7, 11) is 0. The molecule has 1 saturated carbocycles. The summed E-state index contributed by atoms with van der Waals surface area (Å²) >= 11 is 0. The first-order valence-corrected chi connectivity index (χ1v) is 9.39. The monoisotopic (exact) mass is 363 g/mol. The lowest BCUT2D eigenvalue weighted by Gasteiger charge is -2.28. The maximum absolute atomic E-state index is 9.27. The van der Waals surface area contributed by atoms with Gasteiger partial charge in [0, 0.05) is 24.8 Å².